The summed E-state index contributed by atoms with van der Waals surface area (Å²) >= 11 is 0. The molecule has 0 aliphatic heterocycles. The van der Waals surface area contributed by atoms with Crippen LogP contribution in [0.25, 0.3) is 0 Å². The molecule has 2 rings (SSSR count). The Morgan fingerprint density at radius 1 is 0.373 bits per heavy atom. The van der Waals surface area contributed by atoms with Gasteiger partial charge in [-0.1, -0.05) is 204 Å². The Morgan fingerprint density at radius 2 is 0.588 bits per heavy atom. The predicted molar refractivity (Wildman–Crippen MR) is 208 cm³/mol. The van der Waals surface area contributed by atoms with Crippen LogP contribution in [0.4, 0.5) is 0 Å². The summed E-state index contributed by atoms with van der Waals surface area (Å²) in [4.78, 5) is -0.0946. The van der Waals surface area contributed by atoms with Gasteiger partial charge in [0, 0.05) is 0 Å². The average molecular weight is 801 g/mol. The van der Waals surface area contributed by atoms with Crippen LogP contribution in [-0.4, -0.2) is 25.9 Å². The standard InChI is InChI=1S/2C21H36O3S.Zn/c2*1-2-3-4-5-6-7-8-9-10-11-12-13-14-17-20-18-15-16-19-21(20)25(22,23)24;/h2*15-16,18-19H,2-14,17H2,1H3,(H,22,23,24);/q;;+2/p-2. The van der Waals surface area contributed by atoms with Gasteiger partial charge in [-0.2, -0.15) is 0 Å². The van der Waals surface area contributed by atoms with Crippen LogP contribution in [0.5, 0.6) is 0 Å². The minimum Gasteiger partial charge on any atom is -0.744 e. The van der Waals surface area contributed by atoms with Crippen molar-refractivity contribution in [3.8, 4) is 0 Å². The summed E-state index contributed by atoms with van der Waals surface area (Å²) < 4.78 is 67.4. The molecule has 2 aromatic carbocycles. The molecule has 0 spiro atoms. The number of aryl methyl sites for hydroxylation is 2. The van der Waals surface area contributed by atoms with Crippen molar-refractivity contribution in [1.82, 2.24) is 0 Å². The molecule has 0 atom stereocenters. The van der Waals surface area contributed by atoms with Gasteiger partial charge in [-0.05, 0) is 48.9 Å². The molecule has 0 aliphatic carbocycles. The van der Waals surface area contributed by atoms with Crippen molar-refractivity contribution in [3.63, 3.8) is 0 Å². The quantitative estimate of drug-likeness (QED) is 0.0441. The average Bonchev–Trinajstić information content (AvgIpc) is 3.08. The van der Waals surface area contributed by atoms with E-state index in [1.54, 1.807) is 36.4 Å². The zero-order chi connectivity index (χ0) is 36.8. The Morgan fingerprint density at radius 3 is 0.824 bits per heavy atom. The number of rotatable bonds is 30. The van der Waals surface area contributed by atoms with E-state index in [4.69, 9.17) is 0 Å². The van der Waals surface area contributed by atoms with Crippen LogP contribution >= 0.6 is 0 Å². The Hall–Kier alpha value is -1.12. The van der Waals surface area contributed by atoms with Crippen molar-refractivity contribution in [2.24, 2.45) is 0 Å². The Labute approximate surface area is 327 Å². The van der Waals surface area contributed by atoms with Crippen LogP contribution in [0.2, 0.25) is 0 Å². The van der Waals surface area contributed by atoms with E-state index in [0.29, 0.717) is 24.0 Å². The molecule has 0 fully saturated rings. The molecule has 0 aromatic heterocycles. The van der Waals surface area contributed by atoms with E-state index >= 15 is 0 Å². The molecule has 0 N–H and O–H groups in total. The normalized spacial score (nSPS) is 11.5. The minimum absolute atomic E-state index is 0. The Bertz CT molecular complexity index is 1210. The van der Waals surface area contributed by atoms with Crippen molar-refractivity contribution in [2.45, 2.75) is 203 Å². The van der Waals surface area contributed by atoms with E-state index < -0.39 is 20.2 Å². The summed E-state index contributed by atoms with van der Waals surface area (Å²) in [5.41, 5.74) is 1.33. The summed E-state index contributed by atoms with van der Waals surface area (Å²) in [5, 5.41) is 0. The van der Waals surface area contributed by atoms with E-state index in [-0.39, 0.29) is 29.3 Å². The van der Waals surface area contributed by atoms with Gasteiger partial charge in [0.05, 0.1) is 9.79 Å². The van der Waals surface area contributed by atoms with Crippen molar-refractivity contribution < 1.29 is 45.4 Å². The summed E-state index contributed by atoms with van der Waals surface area (Å²) in [6.07, 6.45) is 34.9. The maximum absolute atomic E-state index is 11.2. The summed E-state index contributed by atoms with van der Waals surface area (Å²) in [7, 11) is -8.70. The Kier molecular flexibility index (Phi) is 31.6. The molecule has 0 aliphatic rings. The molecule has 0 amide bonds. The summed E-state index contributed by atoms with van der Waals surface area (Å²) in [6, 6.07) is 13.2. The fourth-order valence-electron chi connectivity index (χ4n) is 6.57. The molecular formula is C42H70O6S2Zn. The van der Waals surface area contributed by atoms with E-state index in [2.05, 4.69) is 13.8 Å². The topological polar surface area (TPSA) is 114 Å². The zero-order valence-electron chi connectivity index (χ0n) is 32.4. The van der Waals surface area contributed by atoms with Gasteiger partial charge in [0.1, 0.15) is 20.2 Å². The molecule has 0 heterocycles. The smallest absolute Gasteiger partial charge is 0.744 e. The molecule has 288 valence electrons. The van der Waals surface area contributed by atoms with Gasteiger partial charge >= 0.3 is 19.5 Å². The van der Waals surface area contributed by atoms with Crippen LogP contribution in [0.3, 0.4) is 0 Å². The molecule has 0 saturated heterocycles. The first-order valence-electron chi connectivity index (χ1n) is 20.2. The Balaban J connectivity index is 0.000000962. The second-order valence-electron chi connectivity index (χ2n) is 14.1. The van der Waals surface area contributed by atoms with Crippen molar-refractivity contribution in [2.75, 3.05) is 0 Å². The molecule has 2 aromatic rings. The van der Waals surface area contributed by atoms with Gasteiger partial charge < -0.3 is 9.11 Å². The largest absolute Gasteiger partial charge is 2.00 e. The molecule has 51 heavy (non-hydrogen) atoms. The van der Waals surface area contributed by atoms with Gasteiger partial charge in [0.15, 0.2) is 0 Å². The third-order valence-corrected chi connectivity index (χ3v) is 11.5. The molecule has 0 bridgehead atoms. The SMILES string of the molecule is CCCCCCCCCCCCCCCc1ccccc1S(=O)(=O)[O-].CCCCCCCCCCCCCCCc1ccccc1S(=O)(=O)[O-].[Zn+2]. The molecule has 6 nitrogen and oxygen atoms in total. The van der Waals surface area contributed by atoms with Gasteiger partial charge in [-0.3, -0.25) is 0 Å². The molecule has 0 saturated carbocycles. The first-order valence-corrected chi connectivity index (χ1v) is 23.0. The summed E-state index contributed by atoms with van der Waals surface area (Å²) in [5.74, 6) is 0. The van der Waals surface area contributed by atoms with Crippen LogP contribution in [0.1, 0.15) is 192 Å². The maximum atomic E-state index is 11.2. The fraction of sp³-hybridized carbons (Fsp3) is 0.714. The number of benzene rings is 2. The van der Waals surface area contributed by atoms with Gasteiger partial charge in [0.2, 0.25) is 0 Å². The number of unbranched alkanes of at least 4 members (excludes halogenated alkanes) is 24. The zero-order valence-corrected chi connectivity index (χ0v) is 37.0. The van der Waals surface area contributed by atoms with Crippen molar-refractivity contribution >= 4 is 20.2 Å². The first kappa shape index (κ1) is 49.9. The second kappa shape index (κ2) is 32.3. The van der Waals surface area contributed by atoms with Gasteiger partial charge in [-0.25, -0.2) is 16.8 Å². The second-order valence-corrected chi connectivity index (χ2v) is 16.8. The van der Waals surface area contributed by atoms with Crippen LogP contribution in [0.15, 0.2) is 58.3 Å². The number of hydrogen-bond acceptors (Lipinski definition) is 6. The number of hydrogen-bond donors (Lipinski definition) is 0. The van der Waals surface area contributed by atoms with E-state index in [0.717, 1.165) is 25.7 Å². The van der Waals surface area contributed by atoms with Crippen LogP contribution < -0.4 is 0 Å². The first-order chi connectivity index (χ1) is 24.1. The summed E-state index contributed by atoms with van der Waals surface area (Å²) in [6.45, 7) is 4.51. The van der Waals surface area contributed by atoms with Gasteiger partial charge in [0.25, 0.3) is 0 Å². The van der Waals surface area contributed by atoms with Gasteiger partial charge in [-0.15, -0.1) is 0 Å². The van der Waals surface area contributed by atoms with E-state index in [1.165, 1.54) is 153 Å². The van der Waals surface area contributed by atoms with Crippen LogP contribution in [-0.2, 0) is 52.6 Å². The van der Waals surface area contributed by atoms with Crippen molar-refractivity contribution in [1.29, 1.82) is 0 Å². The van der Waals surface area contributed by atoms with E-state index in [9.17, 15) is 25.9 Å². The molecule has 0 unspecified atom stereocenters. The van der Waals surface area contributed by atoms with Crippen molar-refractivity contribution in [3.05, 3.63) is 59.7 Å². The minimum atomic E-state index is -4.35. The molecular weight excluding hydrogens is 730 g/mol. The molecule has 9 heteroatoms. The van der Waals surface area contributed by atoms with Crippen LogP contribution in [0, 0.1) is 0 Å². The predicted octanol–water partition coefficient (Wildman–Crippen LogP) is 12.4. The third-order valence-electron chi connectivity index (χ3n) is 9.58. The molecule has 0 radical (unpaired) electrons. The maximum Gasteiger partial charge on any atom is 2.00 e. The fourth-order valence-corrected chi connectivity index (χ4v) is 8.05. The monoisotopic (exact) mass is 798 g/mol. The van der Waals surface area contributed by atoms with E-state index in [1.807, 2.05) is 0 Å². The third kappa shape index (κ3) is 27.2.